The number of halogens is 2. The maximum atomic E-state index is 12.5. The van der Waals surface area contributed by atoms with Crippen LogP contribution < -0.4 is 5.56 Å². The third-order valence-electron chi connectivity index (χ3n) is 6.27. The molecule has 2 N–H and O–H groups in total. The van der Waals surface area contributed by atoms with Gasteiger partial charge in [0.15, 0.2) is 5.60 Å². The molecule has 0 amide bonds. The fourth-order valence-corrected chi connectivity index (χ4v) is 4.76. The monoisotopic (exact) mass is 489 g/mol. The SMILES string of the molecule is Cc1c(Cl)cccc1-c1cc(=O)[nH]c2ccc(C(O)(c3ccc(Cl)cc3)c3cncn3C)cc12. The van der Waals surface area contributed by atoms with Crippen molar-refractivity contribution in [2.75, 3.05) is 0 Å². The summed E-state index contributed by atoms with van der Waals surface area (Å²) in [7, 11) is 1.84. The fraction of sp³-hybridized carbons (Fsp3) is 0.111. The number of nitrogens with one attached hydrogen (secondary N) is 1. The maximum Gasteiger partial charge on any atom is 0.249 e. The number of aromatic amines is 1. The number of hydrogen-bond donors (Lipinski definition) is 2. The average molecular weight is 490 g/mol. The second-order valence-corrected chi connectivity index (χ2v) is 9.17. The van der Waals surface area contributed by atoms with E-state index in [0.717, 1.165) is 22.1 Å². The van der Waals surface area contributed by atoms with Gasteiger partial charge >= 0.3 is 0 Å². The fourth-order valence-electron chi connectivity index (χ4n) is 4.46. The Kier molecular flexibility index (Phi) is 5.56. The molecule has 3 aromatic carbocycles. The molecule has 2 heterocycles. The maximum absolute atomic E-state index is 12.5. The van der Waals surface area contributed by atoms with Crippen LogP contribution in [0.2, 0.25) is 10.0 Å². The zero-order chi connectivity index (χ0) is 24.0. The normalized spacial score (nSPS) is 13.2. The van der Waals surface area contributed by atoms with E-state index in [1.165, 1.54) is 0 Å². The molecule has 0 saturated heterocycles. The number of rotatable bonds is 4. The minimum absolute atomic E-state index is 0.214. The van der Waals surface area contributed by atoms with Crippen molar-refractivity contribution in [2.24, 2.45) is 7.05 Å². The molecule has 0 fully saturated rings. The van der Waals surface area contributed by atoms with Gasteiger partial charge in [-0.2, -0.15) is 0 Å². The topological polar surface area (TPSA) is 70.9 Å². The first-order valence-electron chi connectivity index (χ1n) is 10.7. The molecule has 0 aliphatic rings. The van der Waals surface area contributed by atoms with E-state index in [1.54, 1.807) is 47.4 Å². The largest absolute Gasteiger partial charge is 0.374 e. The first-order valence-corrected chi connectivity index (χ1v) is 11.4. The molecule has 7 heteroatoms. The van der Waals surface area contributed by atoms with Crippen LogP contribution in [-0.4, -0.2) is 19.6 Å². The van der Waals surface area contributed by atoms with E-state index in [2.05, 4.69) is 9.97 Å². The molecule has 1 atom stereocenters. The second kappa shape index (κ2) is 8.44. The Labute approximate surface area is 206 Å². The van der Waals surface area contributed by atoms with Gasteiger partial charge < -0.3 is 14.7 Å². The standard InChI is InChI=1S/C27H21Cl2N3O2/c1-16-20(4-3-5-23(16)29)21-13-26(33)31-24-11-8-18(12-22(21)24)27(34,25-14-30-15-32(25)2)17-6-9-19(28)10-7-17/h3-15,34H,1-2H3,(H,31,33). The summed E-state index contributed by atoms with van der Waals surface area (Å²) in [6, 6.07) is 19.8. The van der Waals surface area contributed by atoms with Gasteiger partial charge in [0, 0.05) is 34.1 Å². The van der Waals surface area contributed by atoms with Crippen LogP contribution in [0.4, 0.5) is 0 Å². The lowest BCUT2D eigenvalue weighted by Crippen LogP contribution is -2.31. The molecule has 0 aliphatic heterocycles. The highest BCUT2D eigenvalue weighted by Gasteiger charge is 2.37. The summed E-state index contributed by atoms with van der Waals surface area (Å²) in [5, 5.41) is 14.2. The molecule has 0 radical (unpaired) electrons. The van der Waals surface area contributed by atoms with Gasteiger partial charge in [0.1, 0.15) is 0 Å². The van der Waals surface area contributed by atoms with Gasteiger partial charge in [-0.15, -0.1) is 0 Å². The van der Waals surface area contributed by atoms with Crippen molar-refractivity contribution in [2.45, 2.75) is 12.5 Å². The lowest BCUT2D eigenvalue weighted by atomic mass is 9.82. The number of H-pyrrole nitrogens is 1. The number of benzene rings is 3. The number of hydrogen-bond acceptors (Lipinski definition) is 3. The Morgan fingerprint density at radius 3 is 2.41 bits per heavy atom. The zero-order valence-corrected chi connectivity index (χ0v) is 20.0. The number of aryl methyl sites for hydroxylation is 1. The first kappa shape index (κ1) is 22.4. The van der Waals surface area contributed by atoms with E-state index >= 15 is 0 Å². The van der Waals surface area contributed by atoms with Crippen molar-refractivity contribution in [3.8, 4) is 11.1 Å². The lowest BCUT2D eigenvalue weighted by Gasteiger charge is -2.30. The highest BCUT2D eigenvalue weighted by molar-refractivity contribution is 6.31. The lowest BCUT2D eigenvalue weighted by molar-refractivity contribution is 0.117. The summed E-state index contributed by atoms with van der Waals surface area (Å²) in [6.07, 6.45) is 3.29. The molecule has 2 aromatic heterocycles. The minimum atomic E-state index is -1.51. The van der Waals surface area contributed by atoms with Crippen molar-refractivity contribution in [3.63, 3.8) is 0 Å². The molecule has 5 aromatic rings. The first-order chi connectivity index (χ1) is 16.3. The number of pyridine rings is 1. The number of imidazole rings is 1. The van der Waals surface area contributed by atoms with Gasteiger partial charge in [-0.1, -0.05) is 53.5 Å². The van der Waals surface area contributed by atoms with E-state index in [1.807, 2.05) is 50.4 Å². The van der Waals surface area contributed by atoms with Crippen LogP contribution in [0, 0.1) is 6.92 Å². The van der Waals surface area contributed by atoms with Crippen molar-refractivity contribution < 1.29 is 5.11 Å². The summed E-state index contributed by atoms with van der Waals surface area (Å²) in [5.74, 6) is 0. The van der Waals surface area contributed by atoms with E-state index in [-0.39, 0.29) is 5.56 Å². The Hall–Kier alpha value is -3.38. The number of fused-ring (bicyclic) bond motifs is 1. The van der Waals surface area contributed by atoms with Crippen LogP contribution >= 0.6 is 23.2 Å². The van der Waals surface area contributed by atoms with Crippen LogP contribution in [0.3, 0.4) is 0 Å². The number of aliphatic hydroxyl groups is 1. The Morgan fingerprint density at radius 1 is 0.971 bits per heavy atom. The van der Waals surface area contributed by atoms with Gasteiger partial charge in [0.25, 0.3) is 0 Å². The third kappa shape index (κ3) is 3.62. The minimum Gasteiger partial charge on any atom is -0.374 e. The zero-order valence-electron chi connectivity index (χ0n) is 18.5. The van der Waals surface area contributed by atoms with Crippen LogP contribution in [0.5, 0.6) is 0 Å². The molecule has 5 rings (SSSR count). The van der Waals surface area contributed by atoms with Crippen LogP contribution in [0.25, 0.3) is 22.0 Å². The van der Waals surface area contributed by atoms with Gasteiger partial charge in [-0.05, 0) is 65.1 Å². The molecule has 34 heavy (non-hydrogen) atoms. The van der Waals surface area contributed by atoms with Gasteiger partial charge in [0.2, 0.25) is 5.56 Å². The number of aromatic nitrogens is 3. The smallest absolute Gasteiger partial charge is 0.249 e. The summed E-state index contributed by atoms with van der Waals surface area (Å²) >= 11 is 12.5. The molecule has 170 valence electrons. The average Bonchev–Trinajstić information content (AvgIpc) is 3.26. The number of nitrogens with zero attached hydrogens (tertiary/aromatic N) is 2. The van der Waals surface area contributed by atoms with Crippen LogP contribution in [0.1, 0.15) is 22.4 Å². The molecular formula is C27H21Cl2N3O2. The van der Waals surface area contributed by atoms with Crippen LogP contribution in [0.15, 0.2) is 84.0 Å². The van der Waals surface area contributed by atoms with E-state index in [4.69, 9.17) is 23.2 Å². The van der Waals surface area contributed by atoms with Crippen molar-refractivity contribution in [1.29, 1.82) is 0 Å². The van der Waals surface area contributed by atoms with Crippen LogP contribution in [-0.2, 0) is 12.6 Å². The molecule has 0 spiro atoms. The molecule has 5 nitrogen and oxygen atoms in total. The molecule has 0 saturated carbocycles. The highest BCUT2D eigenvalue weighted by Crippen LogP contribution is 2.40. The van der Waals surface area contributed by atoms with Crippen molar-refractivity contribution >= 4 is 34.1 Å². The van der Waals surface area contributed by atoms with E-state index in [9.17, 15) is 9.90 Å². The Balaban J connectivity index is 1.83. The second-order valence-electron chi connectivity index (χ2n) is 8.33. The quantitative estimate of drug-likeness (QED) is 0.333. The molecular weight excluding hydrogens is 469 g/mol. The Morgan fingerprint density at radius 2 is 1.71 bits per heavy atom. The van der Waals surface area contributed by atoms with Gasteiger partial charge in [-0.25, -0.2) is 4.98 Å². The molecule has 0 aliphatic carbocycles. The van der Waals surface area contributed by atoms with E-state index < -0.39 is 5.60 Å². The summed E-state index contributed by atoms with van der Waals surface area (Å²) in [5.41, 5.74) is 3.27. The summed E-state index contributed by atoms with van der Waals surface area (Å²) in [6.45, 7) is 1.92. The van der Waals surface area contributed by atoms with Gasteiger partial charge in [-0.3, -0.25) is 4.79 Å². The highest BCUT2D eigenvalue weighted by atomic mass is 35.5. The molecule has 1 unspecified atom stereocenters. The predicted octanol–water partition coefficient (Wildman–Crippen LogP) is 5.83. The Bertz CT molecular complexity index is 1590. The van der Waals surface area contributed by atoms with Crippen molar-refractivity contribution in [3.05, 3.63) is 122 Å². The van der Waals surface area contributed by atoms with E-state index in [0.29, 0.717) is 32.4 Å². The summed E-state index contributed by atoms with van der Waals surface area (Å²) in [4.78, 5) is 19.6. The summed E-state index contributed by atoms with van der Waals surface area (Å²) < 4.78 is 1.79. The predicted molar refractivity (Wildman–Crippen MR) is 137 cm³/mol. The van der Waals surface area contributed by atoms with Gasteiger partial charge in [0.05, 0.1) is 18.2 Å². The van der Waals surface area contributed by atoms with Crippen molar-refractivity contribution in [1.82, 2.24) is 14.5 Å². The third-order valence-corrected chi connectivity index (χ3v) is 6.93. The molecule has 0 bridgehead atoms.